The average Bonchev–Trinajstić information content (AvgIpc) is 2.63. The molecular formula is C18H24N4O3. The van der Waals surface area contributed by atoms with Crippen molar-refractivity contribution < 1.29 is 4.79 Å². The number of nitrogens with zero attached hydrogens (tertiary/aromatic N) is 1. The summed E-state index contributed by atoms with van der Waals surface area (Å²) in [5.74, 6) is 0.446. The van der Waals surface area contributed by atoms with Crippen LogP contribution in [-0.4, -0.2) is 35.1 Å². The summed E-state index contributed by atoms with van der Waals surface area (Å²) in [4.78, 5) is 38.5. The predicted octanol–water partition coefficient (Wildman–Crippen LogP) is 0.829. The number of rotatable bonds is 5. The topological polar surface area (TPSA) is 96.0 Å². The molecule has 0 radical (unpaired) electrons. The fraction of sp³-hybridized carbons (Fsp3) is 0.500. The van der Waals surface area contributed by atoms with Crippen LogP contribution in [0.5, 0.6) is 0 Å². The van der Waals surface area contributed by atoms with Crippen molar-refractivity contribution in [2.75, 3.05) is 19.6 Å². The number of hydrogen-bond acceptors (Lipinski definition) is 4. The van der Waals surface area contributed by atoms with Gasteiger partial charge < -0.3 is 20.2 Å². The van der Waals surface area contributed by atoms with Gasteiger partial charge in [-0.05, 0) is 63.4 Å². The maximum Gasteiger partial charge on any atom is 0.316 e. The Kier molecular flexibility index (Phi) is 5.33. The van der Waals surface area contributed by atoms with Gasteiger partial charge in [-0.15, -0.1) is 0 Å². The van der Waals surface area contributed by atoms with Crippen LogP contribution < -0.4 is 21.8 Å². The van der Waals surface area contributed by atoms with E-state index >= 15 is 0 Å². The zero-order valence-electron chi connectivity index (χ0n) is 14.4. The van der Waals surface area contributed by atoms with Gasteiger partial charge in [-0.2, -0.15) is 0 Å². The number of carbonyl (C=O) groups is 1. The summed E-state index contributed by atoms with van der Waals surface area (Å²) in [6.45, 7) is 4.94. The number of nitrogens with one attached hydrogen (secondary N) is 3. The lowest BCUT2D eigenvalue weighted by atomic mass is 9.96. The van der Waals surface area contributed by atoms with Crippen molar-refractivity contribution in [3.63, 3.8) is 0 Å². The molecule has 0 saturated carbocycles. The minimum absolute atomic E-state index is 0.166. The van der Waals surface area contributed by atoms with Gasteiger partial charge in [0.25, 0.3) is 5.91 Å². The van der Waals surface area contributed by atoms with E-state index in [1.807, 2.05) is 0 Å². The first-order valence-electron chi connectivity index (χ1n) is 8.86. The van der Waals surface area contributed by atoms with Crippen molar-refractivity contribution in [2.45, 2.75) is 32.7 Å². The zero-order chi connectivity index (χ0) is 17.8. The fourth-order valence-electron chi connectivity index (χ4n) is 3.40. The van der Waals surface area contributed by atoms with E-state index in [2.05, 4.69) is 15.6 Å². The third kappa shape index (κ3) is 3.82. The molecule has 3 rings (SSSR count). The predicted molar refractivity (Wildman–Crippen MR) is 97.0 cm³/mol. The van der Waals surface area contributed by atoms with E-state index in [4.69, 9.17) is 0 Å². The third-order valence-electron chi connectivity index (χ3n) is 4.79. The second-order valence-electron chi connectivity index (χ2n) is 6.49. The molecule has 1 unspecified atom stereocenters. The zero-order valence-corrected chi connectivity index (χ0v) is 14.4. The SMILES string of the molecule is CCn1c(=O)c(=O)[nH]c2cc(C(=O)NCCC3CCCNC3)ccc21. The molecule has 3 N–H and O–H groups in total. The van der Waals surface area contributed by atoms with Gasteiger partial charge in [-0.25, -0.2) is 0 Å². The van der Waals surface area contributed by atoms with E-state index in [0.717, 1.165) is 19.5 Å². The molecule has 134 valence electrons. The molecule has 25 heavy (non-hydrogen) atoms. The molecule has 2 aromatic rings. The van der Waals surface area contributed by atoms with Gasteiger partial charge in [0.15, 0.2) is 0 Å². The monoisotopic (exact) mass is 344 g/mol. The van der Waals surface area contributed by atoms with E-state index in [9.17, 15) is 14.4 Å². The maximum absolute atomic E-state index is 12.3. The van der Waals surface area contributed by atoms with Crippen molar-refractivity contribution in [3.8, 4) is 0 Å². The molecule has 1 atom stereocenters. The van der Waals surface area contributed by atoms with Gasteiger partial charge in [-0.3, -0.25) is 14.4 Å². The summed E-state index contributed by atoms with van der Waals surface area (Å²) in [6, 6.07) is 5.01. The number of aryl methyl sites for hydroxylation is 1. The number of fused-ring (bicyclic) bond motifs is 1. The molecule has 1 aromatic heterocycles. The number of benzene rings is 1. The first-order chi connectivity index (χ1) is 12.1. The van der Waals surface area contributed by atoms with E-state index in [1.165, 1.54) is 17.4 Å². The molecular weight excluding hydrogens is 320 g/mol. The molecule has 0 spiro atoms. The Hall–Kier alpha value is -2.41. The van der Waals surface area contributed by atoms with Crippen LogP contribution in [0.1, 0.15) is 36.5 Å². The molecule has 0 bridgehead atoms. The molecule has 1 fully saturated rings. The van der Waals surface area contributed by atoms with Crippen LogP contribution in [0.25, 0.3) is 11.0 Å². The minimum Gasteiger partial charge on any atom is -0.352 e. The third-order valence-corrected chi connectivity index (χ3v) is 4.79. The van der Waals surface area contributed by atoms with Crippen molar-refractivity contribution in [1.82, 2.24) is 20.2 Å². The van der Waals surface area contributed by atoms with Gasteiger partial charge in [0.05, 0.1) is 11.0 Å². The van der Waals surface area contributed by atoms with Crippen LogP contribution >= 0.6 is 0 Å². The summed E-state index contributed by atoms with van der Waals surface area (Å²) < 4.78 is 1.41. The van der Waals surface area contributed by atoms with Crippen LogP contribution in [0, 0.1) is 5.92 Å². The number of H-pyrrole nitrogens is 1. The molecule has 1 aliphatic rings. The van der Waals surface area contributed by atoms with Gasteiger partial charge >= 0.3 is 11.1 Å². The minimum atomic E-state index is -0.670. The van der Waals surface area contributed by atoms with E-state index in [-0.39, 0.29) is 5.91 Å². The lowest BCUT2D eigenvalue weighted by Gasteiger charge is -2.22. The van der Waals surface area contributed by atoms with Crippen LogP contribution in [0.15, 0.2) is 27.8 Å². The van der Waals surface area contributed by atoms with Gasteiger partial charge in [0.1, 0.15) is 0 Å². The summed E-state index contributed by atoms with van der Waals surface area (Å²) in [6.07, 6.45) is 3.35. The standard InChI is InChI=1S/C18H24N4O3/c1-2-22-15-6-5-13(10-14(15)21-17(24)18(22)25)16(23)20-9-7-12-4-3-8-19-11-12/h5-6,10,12,19H,2-4,7-9,11H2,1H3,(H,20,23)(H,21,24). The molecule has 1 aromatic carbocycles. The van der Waals surface area contributed by atoms with Crippen molar-refractivity contribution in [2.24, 2.45) is 5.92 Å². The Morgan fingerprint density at radius 3 is 2.92 bits per heavy atom. The summed E-state index contributed by atoms with van der Waals surface area (Å²) >= 11 is 0. The van der Waals surface area contributed by atoms with E-state index in [1.54, 1.807) is 25.1 Å². The number of aromatic amines is 1. The molecule has 7 nitrogen and oxygen atoms in total. The van der Waals surface area contributed by atoms with Gasteiger partial charge in [-0.1, -0.05) is 0 Å². The molecule has 2 heterocycles. The second kappa shape index (κ2) is 7.65. The summed E-state index contributed by atoms with van der Waals surface area (Å²) in [7, 11) is 0. The molecule has 7 heteroatoms. The molecule has 1 aliphatic heterocycles. The first-order valence-corrected chi connectivity index (χ1v) is 8.86. The Labute approximate surface area is 145 Å². The van der Waals surface area contributed by atoms with Crippen molar-refractivity contribution >= 4 is 16.9 Å². The van der Waals surface area contributed by atoms with Crippen LogP contribution in [0.3, 0.4) is 0 Å². The Bertz CT molecular complexity index is 878. The Morgan fingerprint density at radius 1 is 1.36 bits per heavy atom. The highest BCUT2D eigenvalue weighted by atomic mass is 16.2. The van der Waals surface area contributed by atoms with E-state index < -0.39 is 11.1 Å². The quantitative estimate of drug-likeness (QED) is 0.700. The lowest BCUT2D eigenvalue weighted by molar-refractivity contribution is 0.0950. The van der Waals surface area contributed by atoms with Gasteiger partial charge in [0, 0.05) is 18.7 Å². The maximum atomic E-state index is 12.3. The lowest BCUT2D eigenvalue weighted by Crippen LogP contribution is -2.36. The van der Waals surface area contributed by atoms with Crippen molar-refractivity contribution in [1.29, 1.82) is 0 Å². The number of carbonyl (C=O) groups excluding carboxylic acids is 1. The van der Waals surface area contributed by atoms with Crippen LogP contribution in [0.4, 0.5) is 0 Å². The molecule has 0 aliphatic carbocycles. The smallest absolute Gasteiger partial charge is 0.316 e. The highest BCUT2D eigenvalue weighted by Crippen LogP contribution is 2.14. The second-order valence-corrected chi connectivity index (χ2v) is 6.49. The molecule has 1 amide bonds. The van der Waals surface area contributed by atoms with E-state index in [0.29, 0.717) is 35.6 Å². The Morgan fingerprint density at radius 2 is 2.20 bits per heavy atom. The van der Waals surface area contributed by atoms with Crippen LogP contribution in [0.2, 0.25) is 0 Å². The van der Waals surface area contributed by atoms with Crippen molar-refractivity contribution in [3.05, 3.63) is 44.5 Å². The number of amides is 1. The van der Waals surface area contributed by atoms with Gasteiger partial charge in [0.2, 0.25) is 0 Å². The average molecular weight is 344 g/mol. The highest BCUT2D eigenvalue weighted by molar-refractivity contribution is 5.97. The van der Waals surface area contributed by atoms with Crippen LogP contribution in [-0.2, 0) is 6.54 Å². The largest absolute Gasteiger partial charge is 0.352 e. The Balaban J connectivity index is 1.72. The summed E-state index contributed by atoms with van der Waals surface area (Å²) in [5, 5.41) is 6.31. The number of aromatic nitrogens is 2. The fourth-order valence-corrected chi connectivity index (χ4v) is 3.40. The number of piperidine rings is 1. The highest BCUT2D eigenvalue weighted by Gasteiger charge is 2.14. The molecule has 1 saturated heterocycles. The first kappa shape index (κ1) is 17.4. The normalized spacial score (nSPS) is 17.6. The number of hydrogen-bond donors (Lipinski definition) is 3. The summed E-state index contributed by atoms with van der Waals surface area (Å²) in [5.41, 5.74) is 0.351.